The van der Waals surface area contributed by atoms with Crippen LogP contribution in [0.5, 0.6) is 0 Å². The molecule has 0 amide bonds. The molecule has 2 N–H and O–H groups in total. The first-order chi connectivity index (χ1) is 11.2. The van der Waals surface area contributed by atoms with E-state index in [-0.39, 0.29) is 0 Å². The molecular weight excluding hydrogens is 288 g/mol. The molecule has 1 aromatic rings. The van der Waals surface area contributed by atoms with E-state index in [1.54, 1.807) is 0 Å². The van der Waals surface area contributed by atoms with E-state index in [1.165, 1.54) is 24.0 Å². The van der Waals surface area contributed by atoms with E-state index in [2.05, 4.69) is 41.0 Å². The lowest BCUT2D eigenvalue weighted by molar-refractivity contribution is 0.0673. The molecule has 1 aromatic carbocycles. The van der Waals surface area contributed by atoms with Crippen LogP contribution in [0.25, 0.3) is 0 Å². The molecule has 0 spiro atoms. The zero-order valence-electron chi connectivity index (χ0n) is 14.1. The van der Waals surface area contributed by atoms with Crippen molar-refractivity contribution in [3.63, 3.8) is 0 Å². The minimum Gasteiger partial charge on any atom is -0.378 e. The summed E-state index contributed by atoms with van der Waals surface area (Å²) in [5.74, 6) is 0.657. The smallest absolute Gasteiger partial charge is 0.191 e. The molecule has 2 saturated heterocycles. The zero-order valence-corrected chi connectivity index (χ0v) is 14.1. The number of likely N-dealkylation sites (tertiary alicyclic amines) is 1. The molecule has 5 heteroatoms. The Labute approximate surface area is 139 Å². The van der Waals surface area contributed by atoms with E-state index < -0.39 is 0 Å². The van der Waals surface area contributed by atoms with E-state index in [1.807, 2.05) is 0 Å². The van der Waals surface area contributed by atoms with Crippen LogP contribution >= 0.6 is 0 Å². The number of nitrogens with two attached hydrogens (primary N) is 1. The number of rotatable bonds is 4. The molecule has 2 aliphatic rings. The molecule has 3 rings (SSSR count). The number of aliphatic imine (C=N–C) groups is 1. The number of hydrogen-bond acceptors (Lipinski definition) is 3. The Morgan fingerprint density at radius 1 is 1.13 bits per heavy atom. The fourth-order valence-electron chi connectivity index (χ4n) is 3.35. The van der Waals surface area contributed by atoms with Crippen molar-refractivity contribution in [2.24, 2.45) is 10.7 Å². The van der Waals surface area contributed by atoms with Crippen molar-refractivity contribution in [2.75, 3.05) is 45.9 Å². The van der Waals surface area contributed by atoms with Crippen LogP contribution in [-0.2, 0) is 4.74 Å². The molecule has 0 aliphatic carbocycles. The average Bonchev–Trinajstić information content (AvgIpc) is 3.11. The van der Waals surface area contributed by atoms with Crippen LogP contribution < -0.4 is 5.73 Å². The Morgan fingerprint density at radius 2 is 1.78 bits per heavy atom. The molecule has 1 atom stereocenters. The van der Waals surface area contributed by atoms with Crippen LogP contribution in [0.15, 0.2) is 29.3 Å². The Balaban J connectivity index is 1.71. The topological polar surface area (TPSA) is 54.1 Å². The van der Waals surface area contributed by atoms with E-state index >= 15 is 0 Å². The van der Waals surface area contributed by atoms with Gasteiger partial charge in [0.1, 0.15) is 0 Å². The molecule has 5 nitrogen and oxygen atoms in total. The number of aryl methyl sites for hydroxylation is 1. The summed E-state index contributed by atoms with van der Waals surface area (Å²) in [6.07, 6.45) is 2.57. The minimum atomic E-state index is 0.331. The average molecular weight is 316 g/mol. The zero-order chi connectivity index (χ0) is 16.1. The van der Waals surface area contributed by atoms with Gasteiger partial charge in [-0.05, 0) is 38.4 Å². The highest BCUT2D eigenvalue weighted by atomic mass is 16.5. The standard InChI is InChI=1S/C18H28N4O/c1-15-4-6-16(7-5-15)17(21-8-2-3-9-21)14-20-18(19)22-10-12-23-13-11-22/h4-7,17H,2-3,8-14H2,1H3,(H2,19,20). The lowest BCUT2D eigenvalue weighted by atomic mass is 10.0. The van der Waals surface area contributed by atoms with Crippen LogP contribution in [0, 0.1) is 6.92 Å². The van der Waals surface area contributed by atoms with Crippen LogP contribution in [0.3, 0.4) is 0 Å². The fourth-order valence-corrected chi connectivity index (χ4v) is 3.35. The van der Waals surface area contributed by atoms with Gasteiger partial charge in [0.15, 0.2) is 5.96 Å². The Kier molecular flexibility index (Phi) is 5.51. The maximum absolute atomic E-state index is 6.20. The molecule has 0 bridgehead atoms. The summed E-state index contributed by atoms with van der Waals surface area (Å²) >= 11 is 0. The first kappa shape index (κ1) is 16.3. The van der Waals surface area contributed by atoms with Crippen molar-refractivity contribution in [2.45, 2.75) is 25.8 Å². The number of morpholine rings is 1. The summed E-state index contributed by atoms with van der Waals surface area (Å²) < 4.78 is 5.38. The van der Waals surface area contributed by atoms with Gasteiger partial charge in [-0.3, -0.25) is 9.89 Å². The van der Waals surface area contributed by atoms with Gasteiger partial charge in [-0.25, -0.2) is 0 Å². The summed E-state index contributed by atoms with van der Waals surface area (Å²) in [4.78, 5) is 9.38. The van der Waals surface area contributed by atoms with Gasteiger partial charge in [0.25, 0.3) is 0 Å². The van der Waals surface area contributed by atoms with Gasteiger partial charge < -0.3 is 15.4 Å². The van der Waals surface area contributed by atoms with Gasteiger partial charge in [-0.2, -0.15) is 0 Å². The lowest BCUT2D eigenvalue weighted by Crippen LogP contribution is -2.45. The molecule has 0 saturated carbocycles. The molecule has 126 valence electrons. The van der Waals surface area contributed by atoms with E-state index in [9.17, 15) is 0 Å². The van der Waals surface area contributed by atoms with Gasteiger partial charge in [-0.15, -0.1) is 0 Å². The van der Waals surface area contributed by atoms with Crippen LogP contribution in [0.1, 0.15) is 30.0 Å². The van der Waals surface area contributed by atoms with Crippen LogP contribution in [0.2, 0.25) is 0 Å². The second-order valence-electron chi connectivity index (χ2n) is 6.47. The Morgan fingerprint density at radius 3 is 2.43 bits per heavy atom. The maximum atomic E-state index is 6.20. The summed E-state index contributed by atoms with van der Waals surface area (Å²) in [6.45, 7) is 8.34. The largest absolute Gasteiger partial charge is 0.378 e. The number of benzene rings is 1. The molecule has 23 heavy (non-hydrogen) atoms. The highest BCUT2D eigenvalue weighted by molar-refractivity contribution is 5.78. The van der Waals surface area contributed by atoms with Crippen LogP contribution in [0.4, 0.5) is 0 Å². The SMILES string of the molecule is Cc1ccc(C(CN=C(N)N2CCOCC2)N2CCCC2)cc1. The monoisotopic (exact) mass is 316 g/mol. The van der Waals surface area contributed by atoms with Crippen molar-refractivity contribution >= 4 is 5.96 Å². The van der Waals surface area contributed by atoms with Gasteiger partial charge in [-0.1, -0.05) is 29.8 Å². The number of nitrogens with zero attached hydrogens (tertiary/aromatic N) is 3. The van der Waals surface area contributed by atoms with Gasteiger partial charge in [0, 0.05) is 13.1 Å². The van der Waals surface area contributed by atoms with Crippen molar-refractivity contribution in [3.05, 3.63) is 35.4 Å². The van der Waals surface area contributed by atoms with Gasteiger partial charge >= 0.3 is 0 Å². The van der Waals surface area contributed by atoms with Crippen molar-refractivity contribution in [1.82, 2.24) is 9.80 Å². The summed E-state index contributed by atoms with van der Waals surface area (Å²) in [5.41, 5.74) is 8.84. The third-order valence-electron chi connectivity index (χ3n) is 4.80. The highest BCUT2D eigenvalue weighted by Crippen LogP contribution is 2.25. The molecule has 2 fully saturated rings. The van der Waals surface area contributed by atoms with Gasteiger partial charge in [0.05, 0.1) is 25.8 Å². The molecule has 2 aliphatic heterocycles. The van der Waals surface area contributed by atoms with Crippen LogP contribution in [-0.4, -0.2) is 61.7 Å². The number of guanidine groups is 1. The number of hydrogen-bond donors (Lipinski definition) is 1. The van der Waals surface area contributed by atoms with Crippen molar-refractivity contribution in [3.8, 4) is 0 Å². The third-order valence-corrected chi connectivity index (χ3v) is 4.80. The van der Waals surface area contributed by atoms with E-state index in [0.717, 1.165) is 45.9 Å². The molecular formula is C18H28N4O. The first-order valence-electron chi connectivity index (χ1n) is 8.67. The summed E-state index contributed by atoms with van der Waals surface area (Å²) in [6, 6.07) is 9.18. The maximum Gasteiger partial charge on any atom is 0.191 e. The Bertz CT molecular complexity index is 516. The molecule has 1 unspecified atom stereocenters. The normalized spacial score (nSPS) is 21.6. The molecule has 0 aromatic heterocycles. The second-order valence-corrected chi connectivity index (χ2v) is 6.47. The summed E-state index contributed by atoms with van der Waals surface area (Å²) in [5, 5.41) is 0. The first-order valence-corrected chi connectivity index (χ1v) is 8.67. The van der Waals surface area contributed by atoms with Crippen molar-refractivity contribution in [1.29, 1.82) is 0 Å². The fraction of sp³-hybridized carbons (Fsp3) is 0.611. The predicted octanol–water partition coefficient (Wildman–Crippen LogP) is 1.78. The van der Waals surface area contributed by atoms with Crippen molar-refractivity contribution < 1.29 is 4.74 Å². The van der Waals surface area contributed by atoms with E-state index in [4.69, 9.17) is 15.5 Å². The third kappa shape index (κ3) is 4.24. The Hall–Kier alpha value is -1.59. The molecule has 2 heterocycles. The van der Waals surface area contributed by atoms with E-state index in [0.29, 0.717) is 12.0 Å². The quantitative estimate of drug-likeness (QED) is 0.679. The minimum absolute atomic E-state index is 0.331. The van der Waals surface area contributed by atoms with Gasteiger partial charge in [0.2, 0.25) is 0 Å². The highest BCUT2D eigenvalue weighted by Gasteiger charge is 2.23. The molecule has 0 radical (unpaired) electrons. The predicted molar refractivity (Wildman–Crippen MR) is 93.6 cm³/mol. The lowest BCUT2D eigenvalue weighted by Gasteiger charge is -2.30. The summed E-state index contributed by atoms with van der Waals surface area (Å²) in [7, 11) is 0. The second kappa shape index (κ2) is 7.79. The number of ether oxygens (including phenoxy) is 1.